The maximum absolute atomic E-state index is 13.3. The highest BCUT2D eigenvalue weighted by molar-refractivity contribution is 5.96. The summed E-state index contributed by atoms with van der Waals surface area (Å²) in [5.74, 6) is 4.39. The first-order chi connectivity index (χ1) is 9.22. The molecule has 4 nitrogen and oxygen atoms in total. The van der Waals surface area contributed by atoms with Crippen LogP contribution >= 0.6 is 0 Å². The van der Waals surface area contributed by atoms with E-state index in [0.717, 1.165) is 0 Å². The van der Waals surface area contributed by atoms with Crippen LogP contribution < -0.4 is 0 Å². The number of rotatable bonds is 1. The molecule has 0 atom stereocenters. The van der Waals surface area contributed by atoms with E-state index >= 15 is 0 Å². The van der Waals surface area contributed by atoms with E-state index in [0.29, 0.717) is 31.9 Å². The Morgan fingerprint density at radius 1 is 1.42 bits per heavy atom. The molecular formula is C14H14FNO3. The molecule has 19 heavy (non-hydrogen) atoms. The Bertz CT molecular complexity index is 527. The average Bonchev–Trinajstić information content (AvgIpc) is 2.46. The summed E-state index contributed by atoms with van der Waals surface area (Å²) in [5.41, 5.74) is 0.648. The van der Waals surface area contributed by atoms with E-state index in [-0.39, 0.29) is 18.1 Å². The van der Waals surface area contributed by atoms with Gasteiger partial charge in [0.05, 0.1) is 18.8 Å². The Morgan fingerprint density at radius 3 is 2.84 bits per heavy atom. The van der Waals surface area contributed by atoms with Crippen molar-refractivity contribution < 1.29 is 19.0 Å². The quantitative estimate of drug-likeness (QED) is 0.757. The van der Waals surface area contributed by atoms with Crippen LogP contribution in [0.5, 0.6) is 0 Å². The maximum atomic E-state index is 13.3. The Morgan fingerprint density at radius 2 is 2.16 bits per heavy atom. The number of amides is 1. The molecule has 1 fully saturated rings. The maximum Gasteiger partial charge on any atom is 0.255 e. The molecule has 1 saturated heterocycles. The van der Waals surface area contributed by atoms with E-state index in [1.165, 1.54) is 18.2 Å². The summed E-state index contributed by atoms with van der Waals surface area (Å²) in [4.78, 5) is 13.9. The lowest BCUT2D eigenvalue weighted by Gasteiger charge is -2.27. The summed E-state index contributed by atoms with van der Waals surface area (Å²) in [6, 6.07) is 3.88. The highest BCUT2D eigenvalue weighted by Crippen LogP contribution is 2.14. The van der Waals surface area contributed by atoms with Crippen molar-refractivity contribution in [2.45, 2.75) is 0 Å². The van der Waals surface area contributed by atoms with Crippen molar-refractivity contribution in [1.82, 2.24) is 4.90 Å². The first-order valence-electron chi connectivity index (χ1n) is 5.98. The molecule has 5 heteroatoms. The molecule has 1 N–H and O–H groups in total. The third-order valence-electron chi connectivity index (χ3n) is 2.81. The van der Waals surface area contributed by atoms with E-state index in [1.807, 2.05) is 0 Å². The van der Waals surface area contributed by atoms with E-state index in [9.17, 15) is 9.18 Å². The molecule has 1 aliphatic heterocycles. The van der Waals surface area contributed by atoms with Crippen LogP contribution in [0.2, 0.25) is 0 Å². The zero-order valence-electron chi connectivity index (χ0n) is 10.4. The zero-order chi connectivity index (χ0) is 13.7. The molecule has 0 aromatic heterocycles. The topological polar surface area (TPSA) is 49.8 Å². The standard InChI is InChI=1S/C14H14FNO3/c15-12-4-3-11(2-1-7-17)13(10-12)14(18)16-5-8-19-9-6-16/h3-4,10,17H,5-9H2. The van der Waals surface area contributed by atoms with Gasteiger partial charge in [0.2, 0.25) is 0 Å². The fourth-order valence-electron chi connectivity index (χ4n) is 1.87. The molecule has 1 aliphatic rings. The number of aliphatic hydroxyl groups excluding tert-OH is 1. The smallest absolute Gasteiger partial charge is 0.255 e. The van der Waals surface area contributed by atoms with Crippen molar-refractivity contribution in [3.05, 3.63) is 35.1 Å². The molecule has 2 rings (SSSR count). The fraction of sp³-hybridized carbons (Fsp3) is 0.357. The number of morpholine rings is 1. The van der Waals surface area contributed by atoms with Gasteiger partial charge in [0.1, 0.15) is 12.4 Å². The summed E-state index contributed by atoms with van der Waals surface area (Å²) in [6.07, 6.45) is 0. The van der Waals surface area contributed by atoms with Gasteiger partial charge in [-0.05, 0) is 18.2 Å². The van der Waals surface area contributed by atoms with Gasteiger partial charge in [0.25, 0.3) is 5.91 Å². The van der Waals surface area contributed by atoms with Crippen molar-refractivity contribution >= 4 is 5.91 Å². The number of carbonyl (C=O) groups excluding carboxylic acids is 1. The molecule has 0 bridgehead atoms. The van der Waals surface area contributed by atoms with E-state index < -0.39 is 5.82 Å². The minimum atomic E-state index is -0.480. The van der Waals surface area contributed by atoms with Gasteiger partial charge in [-0.1, -0.05) is 11.8 Å². The van der Waals surface area contributed by atoms with Crippen LogP contribution in [0, 0.1) is 17.7 Å². The number of ether oxygens (including phenoxy) is 1. The summed E-state index contributed by atoms with van der Waals surface area (Å²) >= 11 is 0. The lowest BCUT2D eigenvalue weighted by molar-refractivity contribution is 0.0302. The fourth-order valence-corrected chi connectivity index (χ4v) is 1.87. The van der Waals surface area contributed by atoms with Gasteiger partial charge >= 0.3 is 0 Å². The Hall–Kier alpha value is -1.90. The molecule has 0 aliphatic carbocycles. The summed E-state index contributed by atoms with van der Waals surface area (Å²) in [5, 5.41) is 8.70. The van der Waals surface area contributed by atoms with Crippen LogP contribution in [0.15, 0.2) is 18.2 Å². The number of hydrogen-bond donors (Lipinski definition) is 1. The van der Waals surface area contributed by atoms with Crippen molar-refractivity contribution in [2.75, 3.05) is 32.9 Å². The Kier molecular flexibility index (Phi) is 4.50. The predicted octanol–water partition coefficient (Wildman–Crippen LogP) is 0.642. The number of carbonyl (C=O) groups is 1. The summed E-state index contributed by atoms with van der Waals surface area (Å²) in [6.45, 7) is 1.64. The molecule has 0 unspecified atom stereocenters. The Balaban J connectivity index is 2.30. The van der Waals surface area contributed by atoms with Crippen molar-refractivity contribution in [1.29, 1.82) is 0 Å². The van der Waals surface area contributed by atoms with Crippen molar-refractivity contribution in [2.24, 2.45) is 0 Å². The predicted molar refractivity (Wildman–Crippen MR) is 67.1 cm³/mol. The highest BCUT2D eigenvalue weighted by atomic mass is 19.1. The molecule has 1 aromatic carbocycles. The molecule has 0 spiro atoms. The number of nitrogens with zero attached hydrogens (tertiary/aromatic N) is 1. The lowest BCUT2D eigenvalue weighted by atomic mass is 10.1. The van der Waals surface area contributed by atoms with Crippen LogP contribution in [-0.4, -0.2) is 48.8 Å². The minimum absolute atomic E-state index is 0.225. The van der Waals surface area contributed by atoms with E-state index in [4.69, 9.17) is 9.84 Å². The molecule has 1 amide bonds. The lowest BCUT2D eigenvalue weighted by Crippen LogP contribution is -2.41. The van der Waals surface area contributed by atoms with Crippen molar-refractivity contribution in [3.8, 4) is 11.8 Å². The number of hydrogen-bond acceptors (Lipinski definition) is 3. The van der Waals surface area contributed by atoms with Crippen LogP contribution in [0.1, 0.15) is 15.9 Å². The third-order valence-corrected chi connectivity index (χ3v) is 2.81. The van der Waals surface area contributed by atoms with Crippen LogP contribution in [0.3, 0.4) is 0 Å². The van der Waals surface area contributed by atoms with Crippen molar-refractivity contribution in [3.63, 3.8) is 0 Å². The summed E-state index contributed by atoms with van der Waals surface area (Å²) < 4.78 is 18.5. The number of benzene rings is 1. The van der Waals surface area contributed by atoms with Gasteiger partial charge in [-0.15, -0.1) is 0 Å². The SMILES string of the molecule is O=C(c1cc(F)ccc1C#CCO)N1CCOCC1. The van der Waals surface area contributed by atoms with Gasteiger partial charge in [0.15, 0.2) is 0 Å². The van der Waals surface area contributed by atoms with Gasteiger partial charge in [-0.3, -0.25) is 4.79 Å². The number of aliphatic hydroxyl groups is 1. The number of halogens is 1. The Labute approximate surface area is 110 Å². The molecule has 0 saturated carbocycles. The van der Waals surface area contributed by atoms with Gasteiger partial charge < -0.3 is 14.7 Å². The first-order valence-corrected chi connectivity index (χ1v) is 5.98. The second-order valence-corrected chi connectivity index (χ2v) is 4.05. The largest absolute Gasteiger partial charge is 0.384 e. The zero-order valence-corrected chi connectivity index (χ0v) is 10.4. The average molecular weight is 263 g/mol. The van der Waals surface area contributed by atoms with Crippen LogP contribution in [0.4, 0.5) is 4.39 Å². The minimum Gasteiger partial charge on any atom is -0.384 e. The molecule has 1 heterocycles. The van der Waals surface area contributed by atoms with E-state index in [1.54, 1.807) is 4.90 Å². The third kappa shape index (κ3) is 3.31. The second kappa shape index (κ2) is 6.32. The molecule has 1 aromatic rings. The summed E-state index contributed by atoms with van der Waals surface area (Å²) in [7, 11) is 0. The molecule has 100 valence electrons. The van der Waals surface area contributed by atoms with Crippen LogP contribution in [-0.2, 0) is 4.74 Å². The normalized spacial score (nSPS) is 14.7. The van der Waals surface area contributed by atoms with E-state index in [2.05, 4.69) is 11.8 Å². The highest BCUT2D eigenvalue weighted by Gasteiger charge is 2.21. The van der Waals surface area contributed by atoms with Gasteiger partial charge in [0, 0.05) is 18.7 Å². The first kappa shape index (κ1) is 13.5. The monoisotopic (exact) mass is 263 g/mol. The van der Waals surface area contributed by atoms with Gasteiger partial charge in [-0.25, -0.2) is 4.39 Å². The van der Waals surface area contributed by atoms with Crippen LogP contribution in [0.25, 0.3) is 0 Å². The molecule has 0 radical (unpaired) electrons. The van der Waals surface area contributed by atoms with Gasteiger partial charge in [-0.2, -0.15) is 0 Å². The molecular weight excluding hydrogens is 249 g/mol. The second-order valence-electron chi connectivity index (χ2n) is 4.05.